The van der Waals surface area contributed by atoms with Crippen molar-refractivity contribution in [3.05, 3.63) is 29.5 Å². The molecule has 1 heterocycles. The molecule has 0 unspecified atom stereocenters. The number of oxazole rings is 1. The van der Waals surface area contributed by atoms with Gasteiger partial charge in [-0.2, -0.15) is 4.98 Å². The van der Waals surface area contributed by atoms with Crippen molar-refractivity contribution in [1.29, 1.82) is 0 Å². The number of nitrogens with zero attached hydrogens (tertiary/aromatic N) is 1. The predicted octanol–water partition coefficient (Wildman–Crippen LogP) is 3.26. The van der Waals surface area contributed by atoms with Crippen molar-refractivity contribution in [3.63, 3.8) is 0 Å². The Morgan fingerprint density at radius 1 is 1.39 bits per heavy atom. The molecule has 0 aliphatic heterocycles. The van der Waals surface area contributed by atoms with Crippen molar-refractivity contribution in [2.45, 2.75) is 20.3 Å². The monoisotopic (exact) mass is 246 g/mol. The first kappa shape index (κ1) is 12.5. The van der Waals surface area contributed by atoms with Gasteiger partial charge in [0.15, 0.2) is 0 Å². The van der Waals surface area contributed by atoms with E-state index < -0.39 is 0 Å². The summed E-state index contributed by atoms with van der Waals surface area (Å²) in [4.78, 5) is 4.42. The largest absolute Gasteiger partial charge is 0.496 e. The Morgan fingerprint density at radius 2 is 2.17 bits per heavy atom. The molecule has 2 rings (SSSR count). The molecule has 4 nitrogen and oxygen atoms in total. The van der Waals surface area contributed by atoms with Gasteiger partial charge in [0.2, 0.25) is 0 Å². The summed E-state index contributed by atoms with van der Waals surface area (Å²) in [7, 11) is 3.45. The Morgan fingerprint density at radius 3 is 2.72 bits per heavy atom. The second-order valence-electron chi connectivity index (χ2n) is 4.06. The Kier molecular flexibility index (Phi) is 3.55. The maximum atomic E-state index is 5.51. The van der Waals surface area contributed by atoms with Crippen molar-refractivity contribution in [1.82, 2.24) is 4.98 Å². The number of nitrogens with one attached hydrogen (secondary N) is 1. The zero-order chi connectivity index (χ0) is 13.1. The third-order valence-corrected chi connectivity index (χ3v) is 2.94. The Bertz CT molecular complexity index is 547. The molecule has 0 atom stereocenters. The summed E-state index contributed by atoms with van der Waals surface area (Å²) in [5.41, 5.74) is 3.05. The van der Waals surface area contributed by atoms with Gasteiger partial charge in [0, 0.05) is 12.6 Å². The molecule has 0 radical (unpaired) electrons. The van der Waals surface area contributed by atoms with Gasteiger partial charge in [-0.25, -0.2) is 0 Å². The van der Waals surface area contributed by atoms with Gasteiger partial charge in [0.05, 0.1) is 7.11 Å². The summed E-state index contributed by atoms with van der Waals surface area (Å²) >= 11 is 0. The van der Waals surface area contributed by atoms with Gasteiger partial charge < -0.3 is 14.5 Å². The average molecular weight is 246 g/mol. The average Bonchev–Trinajstić information content (AvgIpc) is 2.79. The molecule has 4 heteroatoms. The van der Waals surface area contributed by atoms with Crippen LogP contribution in [0.2, 0.25) is 0 Å². The molecule has 2 aromatic rings. The molecular formula is C14H18N2O2. The first-order chi connectivity index (χ1) is 8.69. The molecule has 0 aliphatic carbocycles. The van der Waals surface area contributed by atoms with Gasteiger partial charge in [0.1, 0.15) is 17.2 Å². The van der Waals surface area contributed by atoms with Crippen LogP contribution in [0.4, 0.5) is 6.01 Å². The summed E-state index contributed by atoms with van der Waals surface area (Å²) in [6.07, 6.45) is 0.979. The van der Waals surface area contributed by atoms with Gasteiger partial charge in [0.25, 0.3) is 6.01 Å². The summed E-state index contributed by atoms with van der Waals surface area (Å²) < 4.78 is 10.9. The second kappa shape index (κ2) is 5.12. The van der Waals surface area contributed by atoms with Crippen LogP contribution in [0.3, 0.4) is 0 Å². The smallest absolute Gasteiger partial charge is 0.295 e. The van der Waals surface area contributed by atoms with Gasteiger partial charge >= 0.3 is 0 Å². The van der Waals surface area contributed by atoms with E-state index in [9.17, 15) is 0 Å². The number of aryl methyl sites for hydroxylation is 2. The van der Waals surface area contributed by atoms with Crippen LogP contribution in [0, 0.1) is 6.92 Å². The summed E-state index contributed by atoms with van der Waals surface area (Å²) in [6, 6.07) is 6.66. The second-order valence-corrected chi connectivity index (χ2v) is 4.06. The zero-order valence-electron chi connectivity index (χ0n) is 11.2. The van der Waals surface area contributed by atoms with E-state index in [1.165, 1.54) is 5.56 Å². The Balaban J connectivity index is 2.56. The summed E-state index contributed by atoms with van der Waals surface area (Å²) in [5.74, 6) is 1.59. The van der Waals surface area contributed by atoms with E-state index in [-0.39, 0.29) is 0 Å². The minimum Gasteiger partial charge on any atom is -0.496 e. The summed E-state index contributed by atoms with van der Waals surface area (Å²) in [5, 5.41) is 2.91. The van der Waals surface area contributed by atoms with Crippen LogP contribution < -0.4 is 10.1 Å². The SMILES string of the molecule is CCc1ccc(OC)c(-c2nc(NC)oc2C)c1. The molecule has 0 bridgehead atoms. The molecular weight excluding hydrogens is 228 g/mol. The van der Waals surface area contributed by atoms with Crippen LogP contribution in [-0.2, 0) is 6.42 Å². The van der Waals surface area contributed by atoms with Gasteiger partial charge in [-0.05, 0) is 31.0 Å². The molecule has 0 saturated heterocycles. The quantitative estimate of drug-likeness (QED) is 0.899. The molecule has 1 N–H and O–H groups in total. The number of rotatable bonds is 4. The first-order valence-electron chi connectivity index (χ1n) is 6.02. The van der Waals surface area contributed by atoms with Crippen molar-refractivity contribution in [2.24, 2.45) is 0 Å². The van der Waals surface area contributed by atoms with Crippen molar-refractivity contribution < 1.29 is 9.15 Å². The van der Waals surface area contributed by atoms with E-state index in [1.807, 2.05) is 13.0 Å². The number of methoxy groups -OCH3 is 1. The topological polar surface area (TPSA) is 47.3 Å². The van der Waals surface area contributed by atoms with E-state index in [2.05, 4.69) is 29.4 Å². The first-order valence-corrected chi connectivity index (χ1v) is 6.02. The van der Waals surface area contributed by atoms with Gasteiger partial charge in [-0.3, -0.25) is 0 Å². The van der Waals surface area contributed by atoms with Crippen molar-refractivity contribution in [3.8, 4) is 17.0 Å². The van der Waals surface area contributed by atoms with E-state index >= 15 is 0 Å². The molecule has 1 aromatic heterocycles. The van der Waals surface area contributed by atoms with Crippen LogP contribution in [0.5, 0.6) is 5.75 Å². The number of ether oxygens (including phenoxy) is 1. The molecule has 18 heavy (non-hydrogen) atoms. The fraction of sp³-hybridized carbons (Fsp3) is 0.357. The highest BCUT2D eigenvalue weighted by molar-refractivity contribution is 5.70. The molecule has 0 aliphatic rings. The number of anilines is 1. The lowest BCUT2D eigenvalue weighted by atomic mass is 10.0. The summed E-state index contributed by atoms with van der Waals surface area (Å²) in [6.45, 7) is 4.03. The lowest BCUT2D eigenvalue weighted by Gasteiger charge is -2.08. The molecule has 0 fully saturated rings. The minimum atomic E-state index is 0.520. The molecule has 1 aromatic carbocycles. The zero-order valence-corrected chi connectivity index (χ0v) is 11.2. The fourth-order valence-corrected chi connectivity index (χ4v) is 1.91. The maximum absolute atomic E-state index is 5.51. The third kappa shape index (κ3) is 2.18. The van der Waals surface area contributed by atoms with Crippen LogP contribution in [0.15, 0.2) is 22.6 Å². The molecule has 0 saturated carbocycles. The highest BCUT2D eigenvalue weighted by Gasteiger charge is 2.15. The van der Waals surface area contributed by atoms with Crippen molar-refractivity contribution >= 4 is 6.01 Å². The van der Waals surface area contributed by atoms with Gasteiger partial charge in [-0.1, -0.05) is 13.0 Å². The van der Waals surface area contributed by atoms with Crippen LogP contribution in [0.25, 0.3) is 11.3 Å². The van der Waals surface area contributed by atoms with Crippen LogP contribution in [0.1, 0.15) is 18.2 Å². The number of benzene rings is 1. The van der Waals surface area contributed by atoms with E-state index in [4.69, 9.17) is 9.15 Å². The van der Waals surface area contributed by atoms with E-state index in [1.54, 1.807) is 14.2 Å². The Hall–Kier alpha value is -1.97. The lowest BCUT2D eigenvalue weighted by molar-refractivity contribution is 0.416. The minimum absolute atomic E-state index is 0.520. The number of aromatic nitrogens is 1. The number of hydrogen-bond acceptors (Lipinski definition) is 4. The van der Waals surface area contributed by atoms with Crippen molar-refractivity contribution in [2.75, 3.05) is 19.5 Å². The standard InChI is InChI=1S/C14H18N2O2/c1-5-10-6-7-12(17-4)11(8-10)13-9(2)18-14(15-3)16-13/h6-8H,5H2,1-4H3,(H,15,16). The van der Waals surface area contributed by atoms with E-state index in [0.717, 1.165) is 29.2 Å². The lowest BCUT2D eigenvalue weighted by Crippen LogP contribution is -1.92. The third-order valence-electron chi connectivity index (χ3n) is 2.94. The molecule has 96 valence electrons. The predicted molar refractivity (Wildman–Crippen MR) is 72.2 cm³/mol. The fourth-order valence-electron chi connectivity index (χ4n) is 1.91. The van der Waals surface area contributed by atoms with Crippen LogP contribution in [-0.4, -0.2) is 19.1 Å². The maximum Gasteiger partial charge on any atom is 0.295 e. The normalized spacial score (nSPS) is 10.4. The Labute approximate surface area is 107 Å². The van der Waals surface area contributed by atoms with Gasteiger partial charge in [-0.15, -0.1) is 0 Å². The highest BCUT2D eigenvalue weighted by Crippen LogP contribution is 2.33. The molecule has 0 spiro atoms. The van der Waals surface area contributed by atoms with E-state index in [0.29, 0.717) is 6.01 Å². The van der Waals surface area contributed by atoms with Crippen LogP contribution >= 0.6 is 0 Å². The number of hydrogen-bond donors (Lipinski definition) is 1. The highest BCUT2D eigenvalue weighted by atomic mass is 16.5. The molecule has 0 amide bonds.